The first-order valence-corrected chi connectivity index (χ1v) is 7.42. The molecule has 1 unspecified atom stereocenters. The zero-order valence-electron chi connectivity index (χ0n) is 11.7. The molecule has 0 radical (unpaired) electrons. The summed E-state index contributed by atoms with van der Waals surface area (Å²) in [5.41, 5.74) is -0.184. The highest BCUT2D eigenvalue weighted by Gasteiger charge is 2.27. The minimum Gasteiger partial charge on any atom is -0.383 e. The van der Waals surface area contributed by atoms with E-state index in [1.54, 1.807) is 0 Å². The van der Waals surface area contributed by atoms with Gasteiger partial charge in [-0.3, -0.25) is 4.79 Å². The van der Waals surface area contributed by atoms with Crippen LogP contribution in [0.3, 0.4) is 0 Å². The molecule has 0 saturated carbocycles. The van der Waals surface area contributed by atoms with Crippen LogP contribution in [-0.4, -0.2) is 17.6 Å². The van der Waals surface area contributed by atoms with Gasteiger partial charge in [0.2, 0.25) is 5.91 Å². The van der Waals surface area contributed by atoms with E-state index >= 15 is 0 Å². The number of benzene rings is 1. The van der Waals surface area contributed by atoms with Gasteiger partial charge in [0.1, 0.15) is 5.60 Å². The molecule has 2 N–H and O–H groups in total. The zero-order chi connectivity index (χ0) is 14.5. The molecule has 3 nitrogen and oxygen atoms in total. The summed E-state index contributed by atoms with van der Waals surface area (Å²) in [7, 11) is 0. The lowest BCUT2D eigenvalue weighted by molar-refractivity contribution is -0.123. The van der Waals surface area contributed by atoms with E-state index in [9.17, 15) is 9.90 Å². The molecule has 0 fully saturated rings. The van der Waals surface area contributed by atoms with Crippen LogP contribution < -0.4 is 5.32 Å². The first kappa shape index (κ1) is 16.2. The first-order chi connectivity index (χ1) is 8.87. The van der Waals surface area contributed by atoms with Crippen molar-refractivity contribution in [1.82, 2.24) is 5.32 Å². The van der Waals surface area contributed by atoms with Crippen LogP contribution >= 0.6 is 15.9 Å². The Morgan fingerprint density at radius 2 is 1.95 bits per heavy atom. The standard InChI is InChI=1S/C15H22BrNO2/c1-4-15(19,10-17-14(18)9-11(2)3)12-5-7-13(16)8-6-12/h5-8,11,19H,4,9-10H2,1-3H3,(H,17,18). The van der Waals surface area contributed by atoms with Crippen molar-refractivity contribution in [3.05, 3.63) is 34.3 Å². The fourth-order valence-corrected chi connectivity index (χ4v) is 2.14. The van der Waals surface area contributed by atoms with Crippen molar-refractivity contribution in [3.63, 3.8) is 0 Å². The Kier molecular flexibility index (Phi) is 6.01. The molecule has 1 amide bonds. The molecule has 4 heteroatoms. The van der Waals surface area contributed by atoms with E-state index in [-0.39, 0.29) is 12.5 Å². The maximum Gasteiger partial charge on any atom is 0.220 e. The van der Waals surface area contributed by atoms with E-state index < -0.39 is 5.60 Å². The van der Waals surface area contributed by atoms with Gasteiger partial charge in [0.05, 0.1) is 6.54 Å². The van der Waals surface area contributed by atoms with Crippen molar-refractivity contribution in [2.24, 2.45) is 5.92 Å². The highest BCUT2D eigenvalue weighted by molar-refractivity contribution is 9.10. The van der Waals surface area contributed by atoms with Crippen LogP contribution in [0.1, 0.15) is 39.2 Å². The predicted molar refractivity (Wildman–Crippen MR) is 80.8 cm³/mol. The van der Waals surface area contributed by atoms with Crippen molar-refractivity contribution in [2.75, 3.05) is 6.54 Å². The monoisotopic (exact) mass is 327 g/mol. The lowest BCUT2D eigenvalue weighted by atomic mass is 9.91. The predicted octanol–water partition coefficient (Wildman–Crippen LogP) is 3.21. The normalized spacial score (nSPS) is 14.2. The third-order valence-electron chi connectivity index (χ3n) is 3.14. The second-order valence-corrected chi connectivity index (χ2v) is 6.18. The Morgan fingerprint density at radius 1 is 1.37 bits per heavy atom. The molecular formula is C15H22BrNO2. The number of rotatable bonds is 6. The summed E-state index contributed by atoms with van der Waals surface area (Å²) in [5.74, 6) is 0.307. The fourth-order valence-electron chi connectivity index (χ4n) is 1.88. The molecule has 0 spiro atoms. The van der Waals surface area contributed by atoms with Gasteiger partial charge in [0.15, 0.2) is 0 Å². The summed E-state index contributed by atoms with van der Waals surface area (Å²) in [6.07, 6.45) is 1.04. The molecule has 0 heterocycles. The number of aliphatic hydroxyl groups is 1. The Balaban J connectivity index is 2.70. The van der Waals surface area contributed by atoms with E-state index in [0.29, 0.717) is 18.8 Å². The molecule has 106 valence electrons. The number of hydrogen-bond acceptors (Lipinski definition) is 2. The lowest BCUT2D eigenvalue weighted by Gasteiger charge is -2.28. The maximum absolute atomic E-state index is 11.7. The van der Waals surface area contributed by atoms with Crippen LogP contribution in [0.2, 0.25) is 0 Å². The lowest BCUT2D eigenvalue weighted by Crippen LogP contribution is -2.40. The summed E-state index contributed by atoms with van der Waals surface area (Å²) in [6, 6.07) is 7.54. The van der Waals surface area contributed by atoms with Crippen LogP contribution in [0.5, 0.6) is 0 Å². The van der Waals surface area contributed by atoms with E-state index in [4.69, 9.17) is 0 Å². The second kappa shape index (κ2) is 7.06. The molecule has 0 saturated heterocycles. The molecule has 1 atom stereocenters. The van der Waals surface area contributed by atoms with Gasteiger partial charge in [-0.05, 0) is 30.0 Å². The number of carbonyl (C=O) groups excluding carboxylic acids is 1. The molecule has 0 aliphatic rings. The van der Waals surface area contributed by atoms with Gasteiger partial charge in [-0.2, -0.15) is 0 Å². The van der Waals surface area contributed by atoms with Gasteiger partial charge in [-0.15, -0.1) is 0 Å². The number of hydrogen-bond donors (Lipinski definition) is 2. The molecule has 0 aliphatic heterocycles. The summed E-state index contributed by atoms with van der Waals surface area (Å²) in [6.45, 7) is 6.16. The second-order valence-electron chi connectivity index (χ2n) is 5.27. The SMILES string of the molecule is CCC(O)(CNC(=O)CC(C)C)c1ccc(Br)cc1. The van der Waals surface area contributed by atoms with Crippen molar-refractivity contribution in [2.45, 2.75) is 39.2 Å². The third kappa shape index (κ3) is 4.96. The summed E-state index contributed by atoms with van der Waals surface area (Å²) in [4.78, 5) is 11.7. The number of amides is 1. The first-order valence-electron chi connectivity index (χ1n) is 6.62. The highest BCUT2D eigenvalue weighted by Crippen LogP contribution is 2.25. The van der Waals surface area contributed by atoms with Crippen LogP contribution in [0.15, 0.2) is 28.7 Å². The van der Waals surface area contributed by atoms with Gasteiger partial charge in [0.25, 0.3) is 0 Å². The van der Waals surface area contributed by atoms with Crippen molar-refractivity contribution in [1.29, 1.82) is 0 Å². The Bertz CT molecular complexity index is 417. The summed E-state index contributed by atoms with van der Waals surface area (Å²) in [5, 5.41) is 13.5. The van der Waals surface area contributed by atoms with Crippen LogP contribution in [-0.2, 0) is 10.4 Å². The minimum absolute atomic E-state index is 0.0148. The van der Waals surface area contributed by atoms with Gasteiger partial charge >= 0.3 is 0 Å². The molecule has 1 aromatic rings. The molecule has 1 aromatic carbocycles. The van der Waals surface area contributed by atoms with Gasteiger partial charge in [-0.25, -0.2) is 0 Å². The van der Waals surface area contributed by atoms with Crippen LogP contribution in [0, 0.1) is 5.92 Å². The minimum atomic E-state index is -1.01. The number of halogens is 1. The van der Waals surface area contributed by atoms with Gasteiger partial charge in [-0.1, -0.05) is 48.8 Å². The van der Waals surface area contributed by atoms with E-state index in [1.807, 2.05) is 45.0 Å². The molecule has 19 heavy (non-hydrogen) atoms. The number of nitrogens with one attached hydrogen (secondary N) is 1. The molecule has 1 rings (SSSR count). The fraction of sp³-hybridized carbons (Fsp3) is 0.533. The third-order valence-corrected chi connectivity index (χ3v) is 3.67. The summed E-state index contributed by atoms with van der Waals surface area (Å²) >= 11 is 3.37. The quantitative estimate of drug-likeness (QED) is 0.842. The Labute approximate surface area is 123 Å². The Hall–Kier alpha value is -0.870. The maximum atomic E-state index is 11.7. The summed E-state index contributed by atoms with van der Waals surface area (Å²) < 4.78 is 0.971. The molecule has 0 aliphatic carbocycles. The van der Waals surface area contributed by atoms with Crippen molar-refractivity contribution >= 4 is 21.8 Å². The smallest absolute Gasteiger partial charge is 0.220 e. The van der Waals surface area contributed by atoms with Crippen LogP contribution in [0.25, 0.3) is 0 Å². The van der Waals surface area contributed by atoms with Crippen molar-refractivity contribution < 1.29 is 9.90 Å². The largest absolute Gasteiger partial charge is 0.383 e. The zero-order valence-corrected chi connectivity index (χ0v) is 13.3. The Morgan fingerprint density at radius 3 is 2.42 bits per heavy atom. The van der Waals surface area contributed by atoms with Gasteiger partial charge in [0, 0.05) is 10.9 Å². The average molecular weight is 328 g/mol. The van der Waals surface area contributed by atoms with E-state index in [0.717, 1.165) is 10.0 Å². The topological polar surface area (TPSA) is 49.3 Å². The molecule has 0 bridgehead atoms. The highest BCUT2D eigenvalue weighted by atomic mass is 79.9. The average Bonchev–Trinajstić information content (AvgIpc) is 2.36. The van der Waals surface area contributed by atoms with Crippen LogP contribution in [0.4, 0.5) is 0 Å². The number of carbonyl (C=O) groups is 1. The molecular weight excluding hydrogens is 306 g/mol. The van der Waals surface area contributed by atoms with Crippen molar-refractivity contribution in [3.8, 4) is 0 Å². The van der Waals surface area contributed by atoms with E-state index in [1.165, 1.54) is 0 Å². The van der Waals surface area contributed by atoms with E-state index in [2.05, 4.69) is 21.2 Å². The van der Waals surface area contributed by atoms with Gasteiger partial charge < -0.3 is 10.4 Å². The molecule has 0 aromatic heterocycles.